The Kier molecular flexibility index (Phi) is 16.5. The Morgan fingerprint density at radius 3 is 0.875 bits per heavy atom. The third-order valence-corrected chi connectivity index (χ3v) is 23.3. The van der Waals surface area contributed by atoms with Crippen LogP contribution in [-0.2, 0) is 21.7 Å². The molecule has 4 rings (SSSR count). The number of hydrogen-bond acceptors (Lipinski definition) is 0. The van der Waals surface area contributed by atoms with Gasteiger partial charge in [0.15, 0.2) is 0 Å². The topological polar surface area (TPSA) is 0 Å². The quantitative estimate of drug-likeness (QED) is 0.103. The molecule has 0 aliphatic heterocycles. The van der Waals surface area contributed by atoms with E-state index in [1.54, 1.807) is 36.3 Å². The van der Waals surface area contributed by atoms with Gasteiger partial charge in [-0.3, -0.25) is 0 Å². The third kappa shape index (κ3) is 9.18. The van der Waals surface area contributed by atoms with Crippen LogP contribution in [0.25, 0.3) is 0 Å². The van der Waals surface area contributed by atoms with Gasteiger partial charge >= 0.3 is 21.7 Å². The van der Waals surface area contributed by atoms with E-state index in [2.05, 4.69) is 173 Å². The summed E-state index contributed by atoms with van der Waals surface area (Å²) < 4.78 is 0. The van der Waals surface area contributed by atoms with Crippen molar-refractivity contribution < 1.29 is 58.9 Å². The molecule has 0 atom stereocenters. The van der Waals surface area contributed by atoms with Crippen molar-refractivity contribution in [1.29, 1.82) is 0 Å². The normalized spacial score (nSPS) is 12.3. The summed E-state index contributed by atoms with van der Waals surface area (Å²) in [5, 5.41) is 12.8. The third-order valence-electron chi connectivity index (χ3n) is 10.2. The van der Waals surface area contributed by atoms with Gasteiger partial charge in [0.05, 0.1) is 32.3 Å². The van der Waals surface area contributed by atoms with E-state index in [0.29, 0.717) is 0 Å². The maximum Gasteiger partial charge on any atom is 4.00 e. The number of rotatable bonds is 8. The summed E-state index contributed by atoms with van der Waals surface area (Å²) in [4.78, 5) is 0. The summed E-state index contributed by atoms with van der Waals surface area (Å²) in [7, 11) is -9.20. The standard InChI is InChI=1S/C39H59Si5.3ClH.Ti/c1-28-29(2)31(4)39(30(28)3)44(32-20-18-17-19-21-32,37-24-33(40(5,6)7)22-34(25-37)41(8,9)10)38-26-35(42(11,12)13)23-36(27-38)43(14,15)16;;;;/h17-27H,1-16H3;3*1H;/q-1;;;;+4/p-3. The molecule has 0 amide bonds. The summed E-state index contributed by atoms with van der Waals surface area (Å²) in [5.41, 5.74) is 5.97. The molecule has 9 heteroatoms. The average Bonchev–Trinajstić information content (AvgIpc) is 3.10. The molecule has 0 radical (unpaired) electrons. The van der Waals surface area contributed by atoms with Crippen LogP contribution in [0.4, 0.5) is 0 Å². The van der Waals surface area contributed by atoms with Crippen LogP contribution >= 0.6 is 0 Å². The fourth-order valence-electron chi connectivity index (χ4n) is 6.82. The van der Waals surface area contributed by atoms with Crippen LogP contribution in [0.5, 0.6) is 0 Å². The summed E-state index contributed by atoms with van der Waals surface area (Å²) >= 11 is 0. The monoisotopic (exact) mass is 820 g/mol. The van der Waals surface area contributed by atoms with E-state index in [9.17, 15) is 0 Å². The molecule has 0 bridgehead atoms. The molecule has 0 N–H and O–H groups in total. The van der Waals surface area contributed by atoms with Gasteiger partial charge in [0.2, 0.25) is 0 Å². The van der Waals surface area contributed by atoms with E-state index < -0.39 is 40.4 Å². The van der Waals surface area contributed by atoms with E-state index in [0.717, 1.165) is 0 Å². The maximum absolute atomic E-state index is 2.75. The van der Waals surface area contributed by atoms with E-state index in [-0.39, 0.29) is 58.9 Å². The second kappa shape index (κ2) is 16.6. The Balaban J connectivity index is 0.00000552. The minimum Gasteiger partial charge on any atom is -1.00 e. The minimum atomic E-state index is -2.75. The molecule has 0 aliphatic rings. The molecule has 4 aromatic carbocycles. The van der Waals surface area contributed by atoms with Crippen LogP contribution in [0.3, 0.4) is 0 Å². The van der Waals surface area contributed by atoms with Crippen molar-refractivity contribution in [3.8, 4) is 0 Å². The Morgan fingerprint density at radius 1 is 0.375 bits per heavy atom. The zero-order valence-electron chi connectivity index (χ0n) is 32.5. The first-order valence-corrected chi connectivity index (χ1v) is 32.6. The van der Waals surface area contributed by atoms with Crippen molar-refractivity contribution in [3.05, 3.63) is 89.0 Å². The van der Waals surface area contributed by atoms with Crippen LogP contribution in [0.15, 0.2) is 66.7 Å². The largest absolute Gasteiger partial charge is 4.00 e. The zero-order valence-corrected chi connectivity index (χ0v) is 41.3. The Morgan fingerprint density at radius 2 is 0.625 bits per heavy atom. The van der Waals surface area contributed by atoms with Gasteiger partial charge in [0, 0.05) is 0 Å². The van der Waals surface area contributed by atoms with E-state index in [1.165, 1.54) is 27.4 Å². The molecule has 0 spiro atoms. The van der Waals surface area contributed by atoms with Crippen LogP contribution in [-0.4, -0.2) is 40.4 Å². The number of benzene rings is 3. The van der Waals surface area contributed by atoms with Crippen LogP contribution in [0.1, 0.15) is 22.3 Å². The fraction of sp³-hybridized carbons (Fsp3) is 0.410. The first kappa shape index (κ1) is 47.7. The molecule has 4 aromatic rings. The molecular formula is C39H59Cl3Si5Ti. The summed E-state index contributed by atoms with van der Waals surface area (Å²) in [6, 6.07) is 27.9. The van der Waals surface area contributed by atoms with Crippen molar-refractivity contribution in [3.63, 3.8) is 0 Å². The van der Waals surface area contributed by atoms with Gasteiger partial charge in [-0.1, -0.05) is 209 Å². The molecule has 260 valence electrons. The van der Waals surface area contributed by atoms with Crippen LogP contribution < -0.4 is 78.7 Å². The Labute approximate surface area is 333 Å². The predicted molar refractivity (Wildman–Crippen MR) is 217 cm³/mol. The molecular weight excluding hydrogens is 763 g/mol. The van der Waals surface area contributed by atoms with E-state index >= 15 is 0 Å². The molecule has 48 heavy (non-hydrogen) atoms. The van der Waals surface area contributed by atoms with Crippen LogP contribution in [0.2, 0.25) is 78.6 Å². The van der Waals surface area contributed by atoms with E-state index in [4.69, 9.17) is 0 Å². The zero-order chi connectivity index (χ0) is 33.2. The molecule has 0 unspecified atom stereocenters. The van der Waals surface area contributed by atoms with Gasteiger partial charge in [0.1, 0.15) is 8.07 Å². The molecule has 0 fully saturated rings. The van der Waals surface area contributed by atoms with Gasteiger partial charge < -0.3 is 37.2 Å². The number of halogens is 3. The van der Waals surface area contributed by atoms with Crippen LogP contribution in [0, 0.1) is 27.7 Å². The Hall–Kier alpha value is -0.321. The first-order valence-electron chi connectivity index (χ1n) is 16.6. The predicted octanol–water partition coefficient (Wildman–Crippen LogP) is -2.79. The van der Waals surface area contributed by atoms with Crippen molar-refractivity contribution in [2.45, 2.75) is 106 Å². The smallest absolute Gasteiger partial charge is 1.00 e. The molecule has 0 nitrogen and oxygen atoms in total. The van der Waals surface area contributed by atoms with Crippen molar-refractivity contribution >= 4 is 81.9 Å². The number of hydrogen-bond donors (Lipinski definition) is 0. The van der Waals surface area contributed by atoms with Crippen molar-refractivity contribution in [2.24, 2.45) is 0 Å². The van der Waals surface area contributed by atoms with Gasteiger partial charge in [-0.25, -0.2) is 0 Å². The molecule has 0 heterocycles. The average molecular weight is 823 g/mol. The van der Waals surface area contributed by atoms with Gasteiger partial charge in [0.25, 0.3) is 0 Å². The molecule has 0 aliphatic carbocycles. The van der Waals surface area contributed by atoms with Crippen molar-refractivity contribution in [1.82, 2.24) is 0 Å². The van der Waals surface area contributed by atoms with E-state index in [1.807, 2.05) is 0 Å². The molecule has 0 saturated carbocycles. The minimum absolute atomic E-state index is 0. The van der Waals surface area contributed by atoms with Gasteiger partial charge in [-0.15, -0.1) is 5.19 Å². The molecule has 0 saturated heterocycles. The van der Waals surface area contributed by atoms with Gasteiger partial charge in [-0.2, -0.15) is 22.3 Å². The second-order valence-corrected chi connectivity index (χ2v) is 41.6. The SMILES string of the molecule is Cc1c(C)c(C)[c-]([Si](c2ccccc2)(c2cc([Si](C)(C)C)cc([Si](C)(C)C)c2)c2cc([Si](C)(C)C)cc([Si](C)(C)C)c2)c1C.[Cl-].[Cl-].[Cl-].[Ti+4]. The van der Waals surface area contributed by atoms with Gasteiger partial charge in [-0.05, 0) is 0 Å². The molecule has 0 aromatic heterocycles. The maximum atomic E-state index is 2.71. The summed E-state index contributed by atoms with van der Waals surface area (Å²) in [6.45, 7) is 40.0. The second-order valence-electron chi connectivity index (χ2n) is 17.6. The summed E-state index contributed by atoms with van der Waals surface area (Å²) in [6.07, 6.45) is 0. The Bertz CT molecular complexity index is 1520. The van der Waals surface area contributed by atoms with Crippen molar-refractivity contribution in [2.75, 3.05) is 0 Å². The fourth-order valence-corrected chi connectivity index (χ4v) is 17.9. The first-order chi connectivity index (χ1) is 20.0. The summed E-state index contributed by atoms with van der Waals surface area (Å²) in [5.74, 6) is 0.